The number of nitrogens with two attached hydrogens (primary N) is 1. The average Bonchev–Trinajstić information content (AvgIpc) is 2.80. The lowest BCUT2D eigenvalue weighted by atomic mass is 9.81. The number of likely N-dealkylation sites (tertiary alicyclic amines) is 1. The van der Waals surface area contributed by atoms with E-state index in [0.29, 0.717) is 6.54 Å². The first-order valence-electron chi connectivity index (χ1n) is 7.91. The summed E-state index contributed by atoms with van der Waals surface area (Å²) in [5.41, 5.74) is 5.66. The fraction of sp³-hybridized carbons (Fsp3) is 0.867. The molecule has 1 heterocycles. The zero-order chi connectivity index (χ0) is 15.5. The predicted molar refractivity (Wildman–Crippen MR) is 82.1 cm³/mol. The Labute approximate surface area is 126 Å². The van der Waals surface area contributed by atoms with E-state index in [1.165, 1.54) is 0 Å². The number of oxime groups is 1. The largest absolute Gasteiger partial charge is 0.409 e. The fourth-order valence-corrected chi connectivity index (χ4v) is 3.61. The van der Waals surface area contributed by atoms with E-state index in [4.69, 9.17) is 10.9 Å². The lowest BCUT2D eigenvalue weighted by molar-refractivity contribution is -0.128. The van der Waals surface area contributed by atoms with Crippen LogP contribution >= 0.6 is 0 Å². The number of carbonyl (C=O) groups is 1. The molecular formula is C15H28N4O2. The van der Waals surface area contributed by atoms with Crippen molar-refractivity contribution in [3.05, 3.63) is 0 Å². The zero-order valence-corrected chi connectivity index (χ0v) is 13.1. The smallest absolute Gasteiger partial charge is 0.223 e. The quantitative estimate of drug-likeness (QED) is 0.314. The molecule has 1 unspecified atom stereocenters. The highest BCUT2D eigenvalue weighted by Gasteiger charge is 2.39. The molecular weight excluding hydrogens is 268 g/mol. The summed E-state index contributed by atoms with van der Waals surface area (Å²) in [5.74, 6) is 0.630. The van der Waals surface area contributed by atoms with Crippen LogP contribution in [0.1, 0.15) is 46.0 Å². The molecule has 0 aromatic heterocycles. The first-order valence-corrected chi connectivity index (χ1v) is 7.91. The van der Waals surface area contributed by atoms with Crippen LogP contribution < -0.4 is 11.1 Å². The van der Waals surface area contributed by atoms with Gasteiger partial charge in [-0.15, -0.1) is 0 Å². The molecule has 120 valence electrons. The van der Waals surface area contributed by atoms with Crippen molar-refractivity contribution < 1.29 is 10.0 Å². The number of carbonyl (C=O) groups excluding carboxylic acids is 1. The zero-order valence-electron chi connectivity index (χ0n) is 13.1. The van der Waals surface area contributed by atoms with E-state index in [1.54, 1.807) is 0 Å². The van der Waals surface area contributed by atoms with Crippen LogP contribution in [-0.4, -0.2) is 47.5 Å². The molecule has 0 spiro atoms. The monoisotopic (exact) mass is 296 g/mol. The Morgan fingerprint density at radius 2 is 2.05 bits per heavy atom. The lowest BCUT2D eigenvalue weighted by Crippen LogP contribution is -2.49. The highest BCUT2D eigenvalue weighted by atomic mass is 16.4. The van der Waals surface area contributed by atoms with E-state index in [1.807, 2.05) is 0 Å². The van der Waals surface area contributed by atoms with Gasteiger partial charge in [-0.1, -0.05) is 25.4 Å². The van der Waals surface area contributed by atoms with Gasteiger partial charge >= 0.3 is 0 Å². The second-order valence-electron chi connectivity index (χ2n) is 7.08. The minimum atomic E-state index is 0.136. The first-order chi connectivity index (χ1) is 9.92. The summed E-state index contributed by atoms with van der Waals surface area (Å²) in [6.45, 7) is 6.63. The van der Waals surface area contributed by atoms with Crippen LogP contribution in [0.25, 0.3) is 0 Å². The number of nitrogens with zero attached hydrogens (tertiary/aromatic N) is 2. The summed E-state index contributed by atoms with van der Waals surface area (Å²) < 4.78 is 0. The molecule has 0 aromatic rings. The van der Waals surface area contributed by atoms with Gasteiger partial charge in [0.2, 0.25) is 5.91 Å². The molecule has 2 rings (SSSR count). The van der Waals surface area contributed by atoms with Crippen molar-refractivity contribution in [2.45, 2.75) is 52.0 Å². The Hall–Kier alpha value is -1.30. The van der Waals surface area contributed by atoms with Crippen molar-refractivity contribution in [2.75, 3.05) is 19.6 Å². The van der Waals surface area contributed by atoms with Gasteiger partial charge in [0, 0.05) is 25.0 Å². The normalized spacial score (nSPS) is 27.7. The number of hydrogen-bond acceptors (Lipinski definition) is 4. The number of hydrogen-bond donors (Lipinski definition) is 3. The Morgan fingerprint density at radius 1 is 1.38 bits per heavy atom. The summed E-state index contributed by atoms with van der Waals surface area (Å²) >= 11 is 0. The van der Waals surface area contributed by atoms with Crippen LogP contribution in [0.4, 0.5) is 0 Å². The van der Waals surface area contributed by atoms with Gasteiger partial charge in [-0.25, -0.2) is 0 Å². The van der Waals surface area contributed by atoms with E-state index in [9.17, 15) is 4.79 Å². The van der Waals surface area contributed by atoms with Crippen LogP contribution in [0.5, 0.6) is 0 Å². The third-order valence-electron chi connectivity index (χ3n) is 5.02. The Bertz CT molecular complexity index is 400. The molecule has 2 fully saturated rings. The standard InChI is InChI=1S/C15H28N4O2/c1-15(2)7-3-4-12(15)14(20)17-11-5-8-19(9-6-11)10-13(16)18-21/h11-12,21H,3-10H2,1-2H3,(H2,16,18)(H,17,20). The molecule has 0 radical (unpaired) electrons. The molecule has 2 aliphatic rings. The maximum Gasteiger partial charge on any atom is 0.223 e. The van der Waals surface area contributed by atoms with Gasteiger partial charge in [0.15, 0.2) is 5.84 Å². The Kier molecular flexibility index (Phi) is 5.08. The van der Waals surface area contributed by atoms with Crippen molar-refractivity contribution >= 4 is 11.7 Å². The van der Waals surface area contributed by atoms with Gasteiger partial charge in [0.1, 0.15) is 0 Å². The molecule has 4 N–H and O–H groups in total. The highest BCUT2D eigenvalue weighted by Crippen LogP contribution is 2.42. The second-order valence-corrected chi connectivity index (χ2v) is 7.08. The molecule has 1 atom stereocenters. The van der Waals surface area contributed by atoms with Crippen LogP contribution in [0.3, 0.4) is 0 Å². The van der Waals surface area contributed by atoms with Gasteiger partial charge in [0.05, 0.1) is 6.54 Å². The molecule has 1 amide bonds. The molecule has 0 bridgehead atoms. The number of amides is 1. The number of piperidine rings is 1. The van der Waals surface area contributed by atoms with Gasteiger partial charge in [-0.2, -0.15) is 0 Å². The Morgan fingerprint density at radius 3 is 2.57 bits per heavy atom. The molecule has 6 heteroatoms. The van der Waals surface area contributed by atoms with Crippen molar-refractivity contribution in [3.63, 3.8) is 0 Å². The molecule has 1 aliphatic carbocycles. The molecule has 1 aliphatic heterocycles. The highest BCUT2D eigenvalue weighted by molar-refractivity contribution is 5.81. The molecule has 6 nitrogen and oxygen atoms in total. The second kappa shape index (κ2) is 6.64. The van der Waals surface area contributed by atoms with Gasteiger partial charge in [-0.05, 0) is 31.1 Å². The SMILES string of the molecule is CC1(C)CCCC1C(=O)NC1CCN(CC(N)=NO)CC1. The van der Waals surface area contributed by atoms with Crippen molar-refractivity contribution in [1.29, 1.82) is 0 Å². The maximum absolute atomic E-state index is 12.4. The lowest BCUT2D eigenvalue weighted by Gasteiger charge is -2.34. The van der Waals surface area contributed by atoms with E-state index in [2.05, 4.69) is 29.2 Å². The summed E-state index contributed by atoms with van der Waals surface area (Å²) in [6, 6.07) is 0.262. The van der Waals surface area contributed by atoms with E-state index >= 15 is 0 Å². The predicted octanol–water partition coefficient (Wildman–Crippen LogP) is 1.14. The fourth-order valence-electron chi connectivity index (χ4n) is 3.61. The summed E-state index contributed by atoms with van der Waals surface area (Å²) in [7, 11) is 0. The van der Waals surface area contributed by atoms with Crippen LogP contribution in [0, 0.1) is 11.3 Å². The van der Waals surface area contributed by atoms with E-state index in [0.717, 1.165) is 45.2 Å². The van der Waals surface area contributed by atoms with Gasteiger partial charge < -0.3 is 16.3 Å². The summed E-state index contributed by atoms with van der Waals surface area (Å²) in [6.07, 6.45) is 5.17. The van der Waals surface area contributed by atoms with Crippen LogP contribution in [0.15, 0.2) is 5.16 Å². The summed E-state index contributed by atoms with van der Waals surface area (Å²) in [5, 5.41) is 14.8. The number of nitrogens with one attached hydrogen (secondary N) is 1. The number of amidine groups is 1. The van der Waals surface area contributed by atoms with Gasteiger partial charge in [-0.3, -0.25) is 9.69 Å². The summed E-state index contributed by atoms with van der Waals surface area (Å²) in [4.78, 5) is 14.6. The minimum absolute atomic E-state index is 0.136. The third kappa shape index (κ3) is 4.09. The first kappa shape index (κ1) is 16.1. The molecule has 1 saturated heterocycles. The van der Waals surface area contributed by atoms with E-state index < -0.39 is 0 Å². The third-order valence-corrected chi connectivity index (χ3v) is 5.02. The van der Waals surface area contributed by atoms with Crippen molar-refractivity contribution in [3.8, 4) is 0 Å². The molecule has 0 aromatic carbocycles. The topological polar surface area (TPSA) is 91.0 Å². The Balaban J connectivity index is 1.77. The van der Waals surface area contributed by atoms with Gasteiger partial charge in [0.25, 0.3) is 0 Å². The van der Waals surface area contributed by atoms with Crippen molar-refractivity contribution in [1.82, 2.24) is 10.2 Å². The van der Waals surface area contributed by atoms with Crippen LogP contribution in [0.2, 0.25) is 0 Å². The maximum atomic E-state index is 12.4. The van der Waals surface area contributed by atoms with E-state index in [-0.39, 0.29) is 29.1 Å². The van der Waals surface area contributed by atoms with Crippen molar-refractivity contribution in [2.24, 2.45) is 22.2 Å². The van der Waals surface area contributed by atoms with Crippen LogP contribution in [-0.2, 0) is 4.79 Å². The number of rotatable bonds is 4. The minimum Gasteiger partial charge on any atom is -0.409 e. The molecule has 1 saturated carbocycles. The average molecular weight is 296 g/mol. The molecule has 21 heavy (non-hydrogen) atoms.